The van der Waals surface area contributed by atoms with Gasteiger partial charge in [-0.05, 0) is 62.3 Å². The van der Waals surface area contributed by atoms with Gasteiger partial charge in [0.25, 0.3) is 0 Å². The molecule has 1 aliphatic carbocycles. The Morgan fingerprint density at radius 3 is 1.83 bits per heavy atom. The molecule has 0 aromatic heterocycles. The van der Waals surface area contributed by atoms with Gasteiger partial charge in [0.15, 0.2) is 11.6 Å². The summed E-state index contributed by atoms with van der Waals surface area (Å²) < 4.78 is 26.7. The third kappa shape index (κ3) is 1.76. The van der Waals surface area contributed by atoms with Crippen molar-refractivity contribution in [2.45, 2.75) is 44.6 Å². The molecule has 0 radical (unpaired) electrons. The number of rotatable bonds is 0. The van der Waals surface area contributed by atoms with Gasteiger partial charge in [0.2, 0.25) is 0 Å². The van der Waals surface area contributed by atoms with Gasteiger partial charge in [0.05, 0.1) is 0 Å². The van der Waals surface area contributed by atoms with Gasteiger partial charge in [-0.1, -0.05) is 0 Å². The molecule has 3 rings (SSSR count). The van der Waals surface area contributed by atoms with E-state index in [0.717, 1.165) is 30.6 Å². The molecule has 98 valence electrons. The summed E-state index contributed by atoms with van der Waals surface area (Å²) in [4.78, 5) is 2.43. The first-order valence-electron chi connectivity index (χ1n) is 6.60. The van der Waals surface area contributed by atoms with E-state index in [4.69, 9.17) is 0 Å². The Morgan fingerprint density at radius 2 is 1.44 bits per heavy atom. The van der Waals surface area contributed by atoms with Crippen LogP contribution in [0.15, 0.2) is 12.1 Å². The maximum absolute atomic E-state index is 13.4. The van der Waals surface area contributed by atoms with Crippen LogP contribution >= 0.6 is 0 Å². The summed E-state index contributed by atoms with van der Waals surface area (Å²) in [7, 11) is 0. The number of hydrogen-bond donors (Lipinski definition) is 0. The summed E-state index contributed by atoms with van der Waals surface area (Å²) in [5.74, 6) is -0.673. The minimum absolute atomic E-state index is 0.121. The van der Waals surface area contributed by atoms with Crippen molar-refractivity contribution in [3.63, 3.8) is 0 Å². The predicted octanol–water partition coefficient (Wildman–Crippen LogP) is 3.65. The monoisotopic (exact) mass is 251 g/mol. The van der Waals surface area contributed by atoms with E-state index in [1.807, 2.05) is 0 Å². The first-order valence-corrected chi connectivity index (χ1v) is 6.60. The van der Waals surface area contributed by atoms with Crippen LogP contribution < -0.4 is 0 Å². The van der Waals surface area contributed by atoms with E-state index in [9.17, 15) is 8.78 Å². The molecule has 3 heteroatoms. The van der Waals surface area contributed by atoms with Crippen molar-refractivity contribution < 1.29 is 8.78 Å². The van der Waals surface area contributed by atoms with E-state index in [0.29, 0.717) is 11.8 Å². The molecule has 0 spiro atoms. The van der Waals surface area contributed by atoms with Gasteiger partial charge in [0, 0.05) is 18.6 Å². The van der Waals surface area contributed by atoms with Gasteiger partial charge < -0.3 is 0 Å². The molecular weight excluding hydrogens is 232 g/mol. The van der Waals surface area contributed by atoms with Crippen LogP contribution in [0.1, 0.15) is 50.2 Å². The summed E-state index contributed by atoms with van der Waals surface area (Å²) in [5.41, 5.74) is 2.19. The molecule has 1 aromatic rings. The zero-order valence-electron chi connectivity index (χ0n) is 11.1. The van der Waals surface area contributed by atoms with Crippen LogP contribution in [0.5, 0.6) is 0 Å². The fourth-order valence-electron chi connectivity index (χ4n) is 3.38. The molecule has 1 aliphatic heterocycles. The van der Waals surface area contributed by atoms with Crippen molar-refractivity contribution in [2.24, 2.45) is 0 Å². The second-order valence-corrected chi connectivity index (χ2v) is 6.60. The summed E-state index contributed by atoms with van der Waals surface area (Å²) in [6.07, 6.45) is 1.05. The second-order valence-electron chi connectivity index (χ2n) is 6.60. The summed E-state index contributed by atoms with van der Waals surface area (Å²) in [6.45, 7) is 8.51. The van der Waals surface area contributed by atoms with E-state index in [-0.39, 0.29) is 5.54 Å². The average molecular weight is 251 g/mol. The highest BCUT2D eigenvalue weighted by Crippen LogP contribution is 2.47. The topological polar surface area (TPSA) is 3.24 Å². The first kappa shape index (κ1) is 12.1. The number of benzene rings is 1. The molecule has 0 saturated carbocycles. The maximum Gasteiger partial charge on any atom is 0.159 e. The van der Waals surface area contributed by atoms with Crippen molar-refractivity contribution in [1.82, 2.24) is 4.90 Å². The predicted molar refractivity (Wildman–Crippen MR) is 67.8 cm³/mol. The van der Waals surface area contributed by atoms with Crippen LogP contribution in [0.2, 0.25) is 0 Å². The highest BCUT2D eigenvalue weighted by Gasteiger charge is 2.41. The fourth-order valence-corrected chi connectivity index (χ4v) is 3.38. The summed E-state index contributed by atoms with van der Waals surface area (Å²) >= 11 is 0. The van der Waals surface area contributed by atoms with Gasteiger partial charge in [-0.2, -0.15) is 0 Å². The largest absolute Gasteiger partial charge is 0.297 e. The van der Waals surface area contributed by atoms with Gasteiger partial charge >= 0.3 is 0 Å². The zero-order valence-corrected chi connectivity index (χ0v) is 11.1. The molecule has 1 heterocycles. The number of halogens is 2. The van der Waals surface area contributed by atoms with Crippen LogP contribution in [-0.2, 0) is 0 Å². The summed E-state index contributed by atoms with van der Waals surface area (Å²) in [6, 6.07) is 2.84. The highest BCUT2D eigenvalue weighted by atomic mass is 19.2. The highest BCUT2D eigenvalue weighted by molar-refractivity contribution is 5.41. The van der Waals surface area contributed by atoms with Crippen molar-refractivity contribution in [2.75, 3.05) is 13.1 Å². The maximum atomic E-state index is 13.4. The number of piperidine rings is 1. The second kappa shape index (κ2) is 3.77. The van der Waals surface area contributed by atoms with E-state index in [1.54, 1.807) is 0 Å². The minimum Gasteiger partial charge on any atom is -0.297 e. The third-order valence-corrected chi connectivity index (χ3v) is 4.40. The minimum atomic E-state index is -0.705. The number of fused-ring (bicyclic) bond motifs is 5. The molecule has 2 aliphatic rings. The van der Waals surface area contributed by atoms with Gasteiger partial charge in [-0.15, -0.1) is 0 Å². The third-order valence-electron chi connectivity index (χ3n) is 4.40. The Kier molecular flexibility index (Phi) is 2.53. The lowest BCUT2D eigenvalue weighted by atomic mass is 9.91. The van der Waals surface area contributed by atoms with Crippen molar-refractivity contribution >= 4 is 0 Å². The van der Waals surface area contributed by atoms with Gasteiger partial charge in [0.1, 0.15) is 0 Å². The van der Waals surface area contributed by atoms with Crippen molar-refractivity contribution in [3.8, 4) is 0 Å². The lowest BCUT2D eigenvalue weighted by Crippen LogP contribution is -2.47. The van der Waals surface area contributed by atoms with Crippen LogP contribution in [0.3, 0.4) is 0 Å². The van der Waals surface area contributed by atoms with Crippen LogP contribution in [-0.4, -0.2) is 23.5 Å². The van der Waals surface area contributed by atoms with Crippen molar-refractivity contribution in [3.05, 3.63) is 34.9 Å². The Hall–Kier alpha value is -0.960. The Labute approximate surface area is 107 Å². The lowest BCUT2D eigenvalue weighted by Gasteiger charge is -2.41. The van der Waals surface area contributed by atoms with Crippen LogP contribution in [0, 0.1) is 11.6 Å². The van der Waals surface area contributed by atoms with E-state index in [2.05, 4.69) is 25.7 Å². The molecule has 1 aromatic carbocycles. The quantitative estimate of drug-likeness (QED) is 0.680. The SMILES string of the molecule is CC(C)(C)N1CC2CC(C1)c1cc(F)c(F)cc12. The molecule has 2 atom stereocenters. The van der Waals surface area contributed by atoms with E-state index < -0.39 is 11.6 Å². The zero-order chi connectivity index (χ0) is 13.1. The molecule has 1 fully saturated rings. The number of nitrogens with zero attached hydrogens (tertiary/aromatic N) is 1. The average Bonchev–Trinajstić information content (AvgIpc) is 2.51. The molecule has 1 nitrogen and oxygen atoms in total. The number of hydrogen-bond acceptors (Lipinski definition) is 1. The molecule has 2 bridgehead atoms. The number of likely N-dealkylation sites (tertiary alicyclic amines) is 1. The van der Waals surface area contributed by atoms with Crippen molar-refractivity contribution in [1.29, 1.82) is 0 Å². The lowest BCUT2D eigenvalue weighted by molar-refractivity contribution is 0.0954. The molecule has 18 heavy (non-hydrogen) atoms. The molecule has 1 saturated heterocycles. The van der Waals surface area contributed by atoms with Crippen LogP contribution in [0.25, 0.3) is 0 Å². The smallest absolute Gasteiger partial charge is 0.159 e. The first-order chi connectivity index (χ1) is 8.36. The molecule has 2 unspecified atom stereocenters. The summed E-state index contributed by atoms with van der Waals surface area (Å²) in [5, 5.41) is 0. The fraction of sp³-hybridized carbons (Fsp3) is 0.600. The normalized spacial score (nSPS) is 27.4. The Morgan fingerprint density at radius 1 is 1.00 bits per heavy atom. The van der Waals surface area contributed by atoms with E-state index in [1.165, 1.54) is 12.1 Å². The van der Waals surface area contributed by atoms with Gasteiger partial charge in [-0.25, -0.2) is 8.78 Å². The van der Waals surface area contributed by atoms with E-state index >= 15 is 0 Å². The van der Waals surface area contributed by atoms with Gasteiger partial charge in [-0.3, -0.25) is 4.90 Å². The molecular formula is C15H19F2N. The molecule has 0 amide bonds. The standard InChI is InChI=1S/C15H19F2N/c1-15(2,3)18-7-9-4-10(8-18)12-6-14(17)13(16)5-11(9)12/h5-6,9-10H,4,7-8H2,1-3H3. The molecule has 0 N–H and O–H groups in total. The Balaban J connectivity index is 1.99. The Bertz CT molecular complexity index is 453. The van der Waals surface area contributed by atoms with Crippen LogP contribution in [0.4, 0.5) is 8.78 Å².